The lowest BCUT2D eigenvalue weighted by Gasteiger charge is -2.40. The molecular formula is C18H26F2N2O2. The highest BCUT2D eigenvalue weighted by molar-refractivity contribution is 5.69. The summed E-state index contributed by atoms with van der Waals surface area (Å²) in [6.45, 7) is 6.07. The van der Waals surface area contributed by atoms with Gasteiger partial charge in [-0.15, -0.1) is 0 Å². The third-order valence-electron chi connectivity index (χ3n) is 4.25. The average Bonchev–Trinajstić information content (AvgIpc) is 2.50. The van der Waals surface area contributed by atoms with Gasteiger partial charge in [-0.2, -0.15) is 0 Å². The van der Waals surface area contributed by atoms with Crippen molar-refractivity contribution >= 4 is 6.09 Å². The molecule has 1 saturated heterocycles. The fourth-order valence-electron chi connectivity index (χ4n) is 3.21. The van der Waals surface area contributed by atoms with Crippen LogP contribution in [0.3, 0.4) is 0 Å². The Bertz CT molecular complexity index is 587. The molecule has 2 unspecified atom stereocenters. The molecule has 1 aromatic carbocycles. The number of likely N-dealkylation sites (tertiary alicyclic amines) is 1. The Hall–Kier alpha value is -1.69. The first-order valence-electron chi connectivity index (χ1n) is 8.37. The Labute approximate surface area is 142 Å². The van der Waals surface area contributed by atoms with Crippen molar-refractivity contribution in [1.29, 1.82) is 0 Å². The number of amides is 1. The summed E-state index contributed by atoms with van der Waals surface area (Å²) in [7, 11) is 0. The van der Waals surface area contributed by atoms with Gasteiger partial charge in [-0.05, 0) is 63.8 Å². The largest absolute Gasteiger partial charge is 0.444 e. The minimum absolute atomic E-state index is 0.129. The molecule has 1 aliphatic heterocycles. The van der Waals surface area contributed by atoms with Crippen molar-refractivity contribution in [2.24, 2.45) is 5.73 Å². The van der Waals surface area contributed by atoms with E-state index in [4.69, 9.17) is 10.5 Å². The van der Waals surface area contributed by atoms with E-state index < -0.39 is 29.2 Å². The van der Waals surface area contributed by atoms with Crippen LogP contribution in [0.5, 0.6) is 0 Å². The van der Waals surface area contributed by atoms with Crippen LogP contribution in [0.4, 0.5) is 13.6 Å². The van der Waals surface area contributed by atoms with Crippen LogP contribution in [0.1, 0.15) is 51.5 Å². The molecule has 6 heteroatoms. The molecule has 134 valence electrons. The molecule has 0 bridgehead atoms. The van der Waals surface area contributed by atoms with E-state index in [1.165, 1.54) is 6.07 Å². The first kappa shape index (κ1) is 18.6. The van der Waals surface area contributed by atoms with Gasteiger partial charge < -0.3 is 15.4 Å². The van der Waals surface area contributed by atoms with Gasteiger partial charge in [0.1, 0.15) is 17.2 Å². The molecule has 1 aromatic rings. The second kappa shape index (κ2) is 7.47. The number of carbonyl (C=O) groups is 1. The maximum absolute atomic E-state index is 14.2. The summed E-state index contributed by atoms with van der Waals surface area (Å²) in [5.74, 6) is -1.47. The molecule has 0 radical (unpaired) electrons. The lowest BCUT2D eigenvalue weighted by Crippen LogP contribution is -2.50. The third-order valence-corrected chi connectivity index (χ3v) is 4.25. The highest BCUT2D eigenvalue weighted by Gasteiger charge is 2.36. The molecule has 2 atom stereocenters. The molecule has 0 saturated carbocycles. The number of nitrogens with two attached hydrogens (primary N) is 1. The quantitative estimate of drug-likeness (QED) is 0.911. The zero-order valence-corrected chi connectivity index (χ0v) is 14.5. The van der Waals surface area contributed by atoms with E-state index in [1.54, 1.807) is 25.7 Å². The number of carbonyl (C=O) groups excluding carboxylic acids is 1. The van der Waals surface area contributed by atoms with Gasteiger partial charge in [0.2, 0.25) is 0 Å². The summed E-state index contributed by atoms with van der Waals surface area (Å²) >= 11 is 0. The highest BCUT2D eigenvalue weighted by atomic mass is 19.1. The lowest BCUT2D eigenvalue weighted by atomic mass is 9.85. The first-order chi connectivity index (χ1) is 11.2. The minimum atomic E-state index is -0.610. The summed E-state index contributed by atoms with van der Waals surface area (Å²) in [6.07, 6.45) is 2.04. The molecule has 0 spiro atoms. The predicted octanol–water partition coefficient (Wildman–Crippen LogP) is 3.80. The van der Waals surface area contributed by atoms with Crippen LogP contribution in [-0.2, 0) is 4.74 Å². The Morgan fingerprint density at radius 1 is 1.38 bits per heavy atom. The fourth-order valence-corrected chi connectivity index (χ4v) is 3.21. The van der Waals surface area contributed by atoms with E-state index >= 15 is 0 Å². The van der Waals surface area contributed by atoms with Crippen LogP contribution in [0, 0.1) is 11.6 Å². The van der Waals surface area contributed by atoms with E-state index in [0.29, 0.717) is 13.0 Å². The maximum Gasteiger partial charge on any atom is 0.410 e. The molecule has 1 heterocycles. The number of hydrogen-bond acceptors (Lipinski definition) is 3. The number of hydrogen-bond donors (Lipinski definition) is 1. The fraction of sp³-hybridized carbons (Fsp3) is 0.611. The van der Waals surface area contributed by atoms with Crippen molar-refractivity contribution in [2.75, 3.05) is 13.1 Å². The van der Waals surface area contributed by atoms with Gasteiger partial charge in [0.25, 0.3) is 0 Å². The number of rotatable bonds is 3. The Kier molecular flexibility index (Phi) is 5.80. The van der Waals surface area contributed by atoms with Crippen LogP contribution in [-0.4, -0.2) is 35.7 Å². The van der Waals surface area contributed by atoms with Gasteiger partial charge in [-0.25, -0.2) is 13.6 Å². The van der Waals surface area contributed by atoms with Crippen LogP contribution in [0.15, 0.2) is 18.2 Å². The SMILES string of the molecule is CC(C)(C)OC(=O)N1CCCCC1C(CN)c1cc(F)ccc1F. The topological polar surface area (TPSA) is 55.6 Å². The van der Waals surface area contributed by atoms with Crippen LogP contribution in [0.2, 0.25) is 0 Å². The third kappa shape index (κ3) is 4.44. The number of ether oxygens (including phenoxy) is 1. The van der Waals surface area contributed by atoms with Crippen molar-refractivity contribution in [1.82, 2.24) is 4.90 Å². The van der Waals surface area contributed by atoms with Gasteiger partial charge in [0, 0.05) is 25.0 Å². The van der Waals surface area contributed by atoms with Crippen LogP contribution < -0.4 is 5.73 Å². The summed E-state index contributed by atoms with van der Waals surface area (Å²) in [5.41, 5.74) is 5.49. The summed E-state index contributed by atoms with van der Waals surface area (Å²) in [5, 5.41) is 0. The van der Waals surface area contributed by atoms with Gasteiger partial charge >= 0.3 is 6.09 Å². The van der Waals surface area contributed by atoms with Crippen molar-refractivity contribution in [3.8, 4) is 0 Å². The van der Waals surface area contributed by atoms with Gasteiger partial charge in [0.15, 0.2) is 0 Å². The van der Waals surface area contributed by atoms with E-state index in [0.717, 1.165) is 25.0 Å². The maximum atomic E-state index is 14.2. The van der Waals surface area contributed by atoms with E-state index in [-0.39, 0.29) is 18.2 Å². The summed E-state index contributed by atoms with van der Waals surface area (Å²) in [4.78, 5) is 14.1. The molecule has 24 heavy (non-hydrogen) atoms. The van der Waals surface area contributed by atoms with Crippen molar-refractivity contribution in [3.05, 3.63) is 35.4 Å². The molecule has 2 N–H and O–H groups in total. The highest BCUT2D eigenvalue weighted by Crippen LogP contribution is 2.32. The van der Waals surface area contributed by atoms with E-state index in [1.807, 2.05) is 0 Å². The molecule has 2 rings (SSSR count). The number of nitrogens with zero attached hydrogens (tertiary/aromatic N) is 1. The zero-order valence-electron chi connectivity index (χ0n) is 14.5. The molecule has 1 aliphatic rings. The molecule has 4 nitrogen and oxygen atoms in total. The van der Waals surface area contributed by atoms with E-state index in [9.17, 15) is 13.6 Å². The molecule has 1 fully saturated rings. The Balaban J connectivity index is 2.30. The normalized spacial score (nSPS) is 19.9. The number of piperidine rings is 1. The molecule has 0 aromatic heterocycles. The van der Waals surface area contributed by atoms with Gasteiger partial charge in [0.05, 0.1) is 0 Å². The standard InChI is InChI=1S/C18H26F2N2O2/c1-18(2,3)24-17(23)22-9-5-4-6-16(22)14(11-21)13-10-12(19)7-8-15(13)20/h7-8,10,14,16H,4-6,9,11,21H2,1-3H3. The van der Waals surface area contributed by atoms with Gasteiger partial charge in [-0.1, -0.05) is 0 Å². The van der Waals surface area contributed by atoms with Crippen LogP contribution in [0.25, 0.3) is 0 Å². The van der Waals surface area contributed by atoms with Gasteiger partial charge in [-0.3, -0.25) is 0 Å². The van der Waals surface area contributed by atoms with Crippen molar-refractivity contribution in [3.63, 3.8) is 0 Å². The monoisotopic (exact) mass is 340 g/mol. The average molecular weight is 340 g/mol. The van der Waals surface area contributed by atoms with E-state index in [2.05, 4.69) is 0 Å². The molecule has 1 amide bonds. The second-order valence-corrected chi connectivity index (χ2v) is 7.24. The minimum Gasteiger partial charge on any atom is -0.444 e. The molecule has 0 aliphatic carbocycles. The zero-order chi connectivity index (χ0) is 17.9. The van der Waals surface area contributed by atoms with Crippen molar-refractivity contribution < 1.29 is 18.3 Å². The van der Waals surface area contributed by atoms with Crippen molar-refractivity contribution in [2.45, 2.75) is 57.6 Å². The van der Waals surface area contributed by atoms with Crippen LogP contribution >= 0.6 is 0 Å². The molecular weight excluding hydrogens is 314 g/mol. The predicted molar refractivity (Wildman–Crippen MR) is 88.7 cm³/mol. The lowest BCUT2D eigenvalue weighted by molar-refractivity contribution is 0.00648. The first-order valence-corrected chi connectivity index (χ1v) is 8.37. The number of halogens is 2. The number of benzene rings is 1. The Morgan fingerprint density at radius 3 is 2.71 bits per heavy atom. The summed E-state index contributed by atoms with van der Waals surface area (Å²) in [6, 6.07) is 3.07. The Morgan fingerprint density at radius 2 is 2.08 bits per heavy atom. The second-order valence-electron chi connectivity index (χ2n) is 7.24. The smallest absolute Gasteiger partial charge is 0.410 e. The summed E-state index contributed by atoms with van der Waals surface area (Å²) < 4.78 is 33.3.